The number of carbonyl (C=O) groups excluding carboxylic acids is 1. The van der Waals surface area contributed by atoms with Crippen LogP contribution in [0.4, 0.5) is 5.69 Å². The molecular weight excluding hydrogens is 400 g/mol. The van der Waals surface area contributed by atoms with Crippen molar-refractivity contribution >= 4 is 22.4 Å². The predicted octanol–water partition coefficient (Wildman–Crippen LogP) is 4.12. The number of aryl methyl sites for hydroxylation is 1. The van der Waals surface area contributed by atoms with Crippen molar-refractivity contribution in [3.63, 3.8) is 0 Å². The molecule has 1 fully saturated rings. The lowest BCUT2D eigenvalue weighted by Crippen LogP contribution is -2.36. The van der Waals surface area contributed by atoms with E-state index in [-0.39, 0.29) is 11.5 Å². The van der Waals surface area contributed by atoms with Crippen LogP contribution in [0.1, 0.15) is 38.3 Å². The summed E-state index contributed by atoms with van der Waals surface area (Å²) < 4.78 is 1.24. The van der Waals surface area contributed by atoms with Gasteiger partial charge in [0, 0.05) is 17.6 Å². The highest BCUT2D eigenvalue weighted by Gasteiger charge is 2.23. The van der Waals surface area contributed by atoms with Crippen LogP contribution in [0.25, 0.3) is 10.8 Å². The van der Waals surface area contributed by atoms with E-state index in [0.717, 1.165) is 29.3 Å². The lowest BCUT2D eigenvalue weighted by molar-refractivity contribution is -0.119. The Kier molecular flexibility index (Phi) is 6.70. The first-order valence-corrected chi connectivity index (χ1v) is 11.5. The molecule has 0 aliphatic carbocycles. The van der Waals surface area contributed by atoms with Gasteiger partial charge in [0.2, 0.25) is 5.91 Å². The smallest absolute Gasteiger partial charge is 0.275 e. The fourth-order valence-corrected chi connectivity index (χ4v) is 4.68. The van der Waals surface area contributed by atoms with E-state index in [1.807, 2.05) is 30.3 Å². The van der Waals surface area contributed by atoms with Crippen molar-refractivity contribution < 1.29 is 4.79 Å². The number of hydrogen-bond acceptors (Lipinski definition) is 4. The fourth-order valence-electron chi connectivity index (χ4n) is 4.68. The van der Waals surface area contributed by atoms with Crippen molar-refractivity contribution in [3.05, 3.63) is 70.6 Å². The first-order valence-electron chi connectivity index (χ1n) is 11.5. The van der Waals surface area contributed by atoms with Crippen LogP contribution in [-0.2, 0) is 11.2 Å². The third-order valence-electron chi connectivity index (χ3n) is 6.78. The first-order chi connectivity index (χ1) is 15.4. The third-order valence-corrected chi connectivity index (χ3v) is 6.78. The number of nitrogens with one attached hydrogen (secondary N) is 1. The molecule has 3 aromatic rings. The van der Waals surface area contributed by atoms with E-state index in [2.05, 4.69) is 41.4 Å². The van der Waals surface area contributed by atoms with E-state index in [0.29, 0.717) is 5.39 Å². The number of aromatic nitrogens is 2. The molecule has 0 bridgehead atoms. The van der Waals surface area contributed by atoms with Crippen molar-refractivity contribution in [2.45, 2.75) is 39.2 Å². The van der Waals surface area contributed by atoms with Crippen molar-refractivity contribution in [3.8, 4) is 0 Å². The maximum absolute atomic E-state index is 12.8. The molecule has 4 rings (SSSR count). The molecule has 3 atom stereocenters. The topological polar surface area (TPSA) is 67.2 Å². The van der Waals surface area contributed by atoms with Crippen LogP contribution in [0, 0.1) is 11.8 Å². The van der Waals surface area contributed by atoms with Gasteiger partial charge in [-0.15, -0.1) is 0 Å². The Balaban J connectivity index is 1.36. The molecule has 6 nitrogen and oxygen atoms in total. The number of likely N-dealkylation sites (tertiary alicyclic amines) is 1. The maximum Gasteiger partial charge on any atom is 0.275 e. The molecule has 0 spiro atoms. The summed E-state index contributed by atoms with van der Waals surface area (Å²) in [6, 6.07) is 14.6. The summed E-state index contributed by atoms with van der Waals surface area (Å²) in [4.78, 5) is 27.9. The number of carbonyl (C=O) groups is 1. The zero-order chi connectivity index (χ0) is 22.7. The minimum atomic E-state index is -0.710. The highest BCUT2D eigenvalue weighted by Crippen LogP contribution is 2.27. The van der Waals surface area contributed by atoms with E-state index < -0.39 is 6.04 Å². The van der Waals surface area contributed by atoms with Crippen molar-refractivity contribution in [1.82, 2.24) is 14.7 Å². The second kappa shape index (κ2) is 9.65. The Hall–Kier alpha value is -2.99. The van der Waals surface area contributed by atoms with E-state index >= 15 is 0 Å². The average Bonchev–Trinajstić information content (AvgIpc) is 2.79. The molecule has 2 heterocycles. The highest BCUT2D eigenvalue weighted by molar-refractivity contribution is 5.93. The van der Waals surface area contributed by atoms with Crippen LogP contribution < -0.4 is 10.9 Å². The monoisotopic (exact) mass is 432 g/mol. The molecule has 2 aromatic carbocycles. The summed E-state index contributed by atoms with van der Waals surface area (Å²) in [6.07, 6.45) is 5.15. The summed E-state index contributed by atoms with van der Waals surface area (Å²) in [7, 11) is 2.20. The van der Waals surface area contributed by atoms with Gasteiger partial charge in [-0.05, 0) is 75.4 Å². The predicted molar refractivity (Wildman–Crippen MR) is 129 cm³/mol. The molecule has 0 unspecified atom stereocenters. The van der Waals surface area contributed by atoms with E-state index in [1.54, 1.807) is 19.2 Å². The second-order valence-electron chi connectivity index (χ2n) is 9.17. The molecule has 0 radical (unpaired) electrons. The Morgan fingerprint density at radius 1 is 1.19 bits per heavy atom. The van der Waals surface area contributed by atoms with Gasteiger partial charge < -0.3 is 10.2 Å². The largest absolute Gasteiger partial charge is 0.324 e. The van der Waals surface area contributed by atoms with E-state index in [9.17, 15) is 9.59 Å². The van der Waals surface area contributed by atoms with Gasteiger partial charge in [-0.1, -0.05) is 37.3 Å². The maximum atomic E-state index is 12.8. The van der Waals surface area contributed by atoms with Gasteiger partial charge in [-0.2, -0.15) is 5.10 Å². The van der Waals surface area contributed by atoms with Crippen LogP contribution in [0.2, 0.25) is 0 Å². The minimum Gasteiger partial charge on any atom is -0.324 e. The molecule has 32 heavy (non-hydrogen) atoms. The molecule has 0 saturated carbocycles. The normalized spacial score (nSPS) is 20.2. The molecule has 1 N–H and O–H groups in total. The molecule has 1 aliphatic rings. The summed E-state index contributed by atoms with van der Waals surface area (Å²) >= 11 is 0. The highest BCUT2D eigenvalue weighted by atomic mass is 16.2. The first kappa shape index (κ1) is 22.2. The molecule has 1 amide bonds. The quantitative estimate of drug-likeness (QED) is 0.636. The Labute approximate surface area is 189 Å². The standard InChI is InChI=1S/C26H32N4O2/c1-18-17-29(3)15-14-21(18)11-8-20-9-12-23(13-10-20)28-25(31)19(2)30-26(32)24-7-5-4-6-22(24)16-27-30/h4-7,9-10,12-13,16,18-19,21H,8,11,14-15,17H2,1-3H3,(H,28,31)/t18-,19-,21-/m1/s1. The van der Waals surface area contributed by atoms with Gasteiger partial charge in [-0.25, -0.2) is 4.68 Å². The summed E-state index contributed by atoms with van der Waals surface area (Å²) in [5, 5.41) is 8.45. The Morgan fingerprint density at radius 2 is 1.94 bits per heavy atom. The van der Waals surface area contributed by atoms with Gasteiger partial charge >= 0.3 is 0 Å². The summed E-state index contributed by atoms with van der Waals surface area (Å²) in [5.74, 6) is 1.25. The number of benzene rings is 2. The zero-order valence-electron chi connectivity index (χ0n) is 19.1. The van der Waals surface area contributed by atoms with Gasteiger partial charge in [0.25, 0.3) is 5.56 Å². The molecule has 168 valence electrons. The molecule has 1 saturated heterocycles. The summed E-state index contributed by atoms with van der Waals surface area (Å²) in [6.45, 7) is 6.42. The lowest BCUT2D eigenvalue weighted by atomic mass is 9.83. The third kappa shape index (κ3) is 4.91. The van der Waals surface area contributed by atoms with Crippen LogP contribution in [0.3, 0.4) is 0 Å². The number of fused-ring (bicyclic) bond motifs is 1. The minimum absolute atomic E-state index is 0.260. The molecular formula is C26H32N4O2. The van der Waals surface area contributed by atoms with Gasteiger partial charge in [0.15, 0.2) is 0 Å². The lowest BCUT2D eigenvalue weighted by Gasteiger charge is -2.34. The Bertz CT molecular complexity index is 1140. The fraction of sp³-hybridized carbons (Fsp3) is 0.423. The SMILES string of the molecule is C[C@@H]1CN(C)CC[C@H]1CCc1ccc(NC(=O)[C@@H](C)n2ncc3ccccc3c2=O)cc1. The van der Waals surface area contributed by atoms with Crippen molar-refractivity contribution in [2.24, 2.45) is 11.8 Å². The van der Waals surface area contributed by atoms with Gasteiger partial charge in [0.1, 0.15) is 6.04 Å². The number of amides is 1. The second-order valence-corrected chi connectivity index (χ2v) is 9.17. The van der Waals surface area contributed by atoms with E-state index in [1.165, 1.54) is 36.2 Å². The van der Waals surface area contributed by atoms with E-state index in [4.69, 9.17) is 0 Å². The van der Waals surface area contributed by atoms with Crippen LogP contribution in [-0.4, -0.2) is 40.7 Å². The summed E-state index contributed by atoms with van der Waals surface area (Å²) in [5.41, 5.74) is 1.76. The average molecular weight is 433 g/mol. The van der Waals surface area contributed by atoms with Crippen LogP contribution >= 0.6 is 0 Å². The molecule has 1 aliphatic heterocycles. The number of rotatable bonds is 6. The van der Waals surface area contributed by atoms with Crippen LogP contribution in [0.15, 0.2) is 59.5 Å². The number of nitrogens with zero attached hydrogens (tertiary/aromatic N) is 3. The molecule has 6 heteroatoms. The number of hydrogen-bond donors (Lipinski definition) is 1. The van der Waals surface area contributed by atoms with Gasteiger partial charge in [-0.3, -0.25) is 9.59 Å². The molecule has 1 aromatic heterocycles. The number of anilines is 1. The van der Waals surface area contributed by atoms with Crippen molar-refractivity contribution in [1.29, 1.82) is 0 Å². The number of piperidine rings is 1. The van der Waals surface area contributed by atoms with Crippen LogP contribution in [0.5, 0.6) is 0 Å². The van der Waals surface area contributed by atoms with Gasteiger partial charge in [0.05, 0.1) is 11.6 Å². The zero-order valence-corrected chi connectivity index (χ0v) is 19.1. The Morgan fingerprint density at radius 3 is 2.69 bits per heavy atom. The van der Waals surface area contributed by atoms with Crippen molar-refractivity contribution in [2.75, 3.05) is 25.5 Å².